The van der Waals surface area contributed by atoms with Crippen molar-refractivity contribution in [2.45, 2.75) is 13.0 Å². The molecule has 19 heavy (non-hydrogen) atoms. The predicted octanol–water partition coefficient (Wildman–Crippen LogP) is 2.16. The molecule has 0 spiro atoms. The van der Waals surface area contributed by atoms with Gasteiger partial charge in [0.2, 0.25) is 0 Å². The Labute approximate surface area is 113 Å². The number of carbonyl (C=O) groups excluding carboxylic acids is 1. The van der Waals surface area contributed by atoms with Crippen LogP contribution in [0.1, 0.15) is 29.2 Å². The monoisotopic (exact) mass is 279 g/mol. The lowest BCUT2D eigenvalue weighted by molar-refractivity contribution is 0.0588. The molecule has 1 unspecified atom stereocenters. The highest BCUT2D eigenvalue weighted by Crippen LogP contribution is 2.37. The first-order valence-electron chi connectivity index (χ1n) is 5.62. The summed E-state index contributed by atoms with van der Waals surface area (Å²) < 4.78 is 12.0. The van der Waals surface area contributed by atoms with Crippen LogP contribution >= 0.6 is 11.6 Å². The minimum absolute atomic E-state index is 0.153. The van der Waals surface area contributed by atoms with Crippen molar-refractivity contribution in [2.75, 3.05) is 7.11 Å². The van der Waals surface area contributed by atoms with E-state index in [9.17, 15) is 4.79 Å². The lowest BCUT2D eigenvalue weighted by atomic mass is 10.1. The summed E-state index contributed by atoms with van der Waals surface area (Å²) in [6.45, 7) is 1.82. The Bertz CT molecular complexity index is 668. The fourth-order valence-corrected chi connectivity index (χ4v) is 2.24. The van der Waals surface area contributed by atoms with Crippen molar-refractivity contribution in [2.24, 2.45) is 0 Å². The minimum atomic E-state index is -0.540. The molecule has 1 aliphatic heterocycles. The van der Waals surface area contributed by atoms with Gasteiger partial charge in [-0.3, -0.25) is 0 Å². The van der Waals surface area contributed by atoms with Gasteiger partial charge in [-0.1, -0.05) is 16.8 Å². The number of benzene rings is 1. The van der Waals surface area contributed by atoms with E-state index in [1.54, 1.807) is 22.9 Å². The second-order valence-corrected chi connectivity index (χ2v) is 4.54. The van der Waals surface area contributed by atoms with Crippen molar-refractivity contribution < 1.29 is 14.3 Å². The van der Waals surface area contributed by atoms with Crippen LogP contribution in [0.2, 0.25) is 5.02 Å². The number of hydrogen-bond donors (Lipinski definition) is 0. The highest BCUT2D eigenvalue weighted by molar-refractivity contribution is 6.30. The molecule has 7 heteroatoms. The van der Waals surface area contributed by atoms with E-state index in [-0.39, 0.29) is 11.8 Å². The van der Waals surface area contributed by atoms with E-state index in [0.717, 1.165) is 0 Å². The zero-order chi connectivity index (χ0) is 13.6. The maximum absolute atomic E-state index is 11.7. The van der Waals surface area contributed by atoms with E-state index in [1.807, 2.05) is 6.92 Å². The lowest BCUT2D eigenvalue weighted by Gasteiger charge is -2.24. The molecule has 0 N–H and O–H groups in total. The van der Waals surface area contributed by atoms with E-state index in [2.05, 4.69) is 15.0 Å². The molecule has 1 aliphatic rings. The quantitative estimate of drug-likeness (QED) is 0.749. The minimum Gasteiger partial charge on any atom is -0.482 e. The highest BCUT2D eigenvalue weighted by Gasteiger charge is 2.31. The zero-order valence-electron chi connectivity index (χ0n) is 10.3. The van der Waals surface area contributed by atoms with Crippen molar-refractivity contribution in [1.29, 1.82) is 0 Å². The summed E-state index contributed by atoms with van der Waals surface area (Å²) in [6.07, 6.45) is -0.349. The molecular formula is C12H10ClN3O3. The summed E-state index contributed by atoms with van der Waals surface area (Å²) in [5.74, 6) is 0.105. The second kappa shape index (κ2) is 4.24. The number of methoxy groups -OCH3 is 1. The van der Waals surface area contributed by atoms with E-state index in [1.165, 1.54) is 7.11 Å². The zero-order valence-corrected chi connectivity index (χ0v) is 11.0. The molecule has 0 radical (unpaired) electrons. The predicted molar refractivity (Wildman–Crippen MR) is 66.8 cm³/mol. The summed E-state index contributed by atoms with van der Waals surface area (Å²) in [4.78, 5) is 11.7. The lowest BCUT2D eigenvalue weighted by Crippen LogP contribution is -2.20. The maximum atomic E-state index is 11.7. The van der Waals surface area contributed by atoms with E-state index in [4.69, 9.17) is 16.3 Å². The number of carbonyl (C=O) groups is 1. The van der Waals surface area contributed by atoms with Gasteiger partial charge in [0, 0.05) is 5.02 Å². The van der Waals surface area contributed by atoms with Gasteiger partial charge in [-0.2, -0.15) is 0 Å². The van der Waals surface area contributed by atoms with Crippen LogP contribution < -0.4 is 4.74 Å². The number of halogens is 1. The second-order valence-electron chi connectivity index (χ2n) is 4.10. The van der Waals surface area contributed by atoms with Gasteiger partial charge in [0.15, 0.2) is 5.69 Å². The number of aromatic nitrogens is 3. The van der Waals surface area contributed by atoms with Gasteiger partial charge >= 0.3 is 5.97 Å². The van der Waals surface area contributed by atoms with Crippen LogP contribution in [-0.4, -0.2) is 28.1 Å². The maximum Gasteiger partial charge on any atom is 0.360 e. The van der Waals surface area contributed by atoms with E-state index in [0.29, 0.717) is 22.2 Å². The van der Waals surface area contributed by atoms with Crippen LogP contribution in [0.4, 0.5) is 0 Å². The molecule has 3 rings (SSSR count). The molecule has 1 atom stereocenters. The van der Waals surface area contributed by atoms with Gasteiger partial charge in [0.05, 0.1) is 7.11 Å². The molecule has 2 heterocycles. The molecule has 0 aliphatic carbocycles. The highest BCUT2D eigenvalue weighted by atomic mass is 35.5. The Balaban J connectivity index is 2.22. The first-order chi connectivity index (χ1) is 9.11. The summed E-state index contributed by atoms with van der Waals surface area (Å²) in [5.41, 5.74) is 1.37. The summed E-state index contributed by atoms with van der Waals surface area (Å²) >= 11 is 5.97. The Morgan fingerprint density at radius 2 is 2.32 bits per heavy atom. The van der Waals surface area contributed by atoms with Gasteiger partial charge in [-0.15, -0.1) is 5.10 Å². The SMILES string of the molecule is COC(=O)c1nnn2c1C(C)Oc1ccc(Cl)cc1-2. The topological polar surface area (TPSA) is 66.2 Å². The summed E-state index contributed by atoms with van der Waals surface area (Å²) in [7, 11) is 1.30. The van der Waals surface area contributed by atoms with Crippen molar-refractivity contribution in [3.05, 3.63) is 34.6 Å². The Kier molecular flexibility index (Phi) is 2.67. The average molecular weight is 280 g/mol. The Morgan fingerprint density at radius 3 is 3.05 bits per heavy atom. The van der Waals surface area contributed by atoms with Gasteiger partial charge in [0.1, 0.15) is 23.2 Å². The molecule has 1 aromatic carbocycles. The van der Waals surface area contributed by atoms with Crippen molar-refractivity contribution in [3.8, 4) is 11.4 Å². The molecule has 1 aromatic heterocycles. The third-order valence-electron chi connectivity index (χ3n) is 2.92. The number of esters is 1. The third kappa shape index (κ3) is 1.76. The molecule has 0 fully saturated rings. The van der Waals surface area contributed by atoms with E-state index >= 15 is 0 Å². The van der Waals surface area contributed by atoms with Crippen LogP contribution in [0.25, 0.3) is 5.69 Å². The summed E-state index contributed by atoms with van der Waals surface area (Å²) in [6, 6.07) is 5.20. The number of rotatable bonds is 1. The molecular weight excluding hydrogens is 270 g/mol. The van der Waals surface area contributed by atoms with Gasteiger partial charge in [-0.05, 0) is 25.1 Å². The number of fused-ring (bicyclic) bond motifs is 3. The fraction of sp³-hybridized carbons (Fsp3) is 0.250. The summed E-state index contributed by atoms with van der Waals surface area (Å²) in [5, 5.41) is 8.40. The number of nitrogens with zero attached hydrogens (tertiary/aromatic N) is 3. The largest absolute Gasteiger partial charge is 0.482 e. The molecule has 0 bridgehead atoms. The Hall–Kier alpha value is -2.08. The van der Waals surface area contributed by atoms with Crippen molar-refractivity contribution >= 4 is 17.6 Å². The van der Waals surface area contributed by atoms with Gasteiger partial charge in [0.25, 0.3) is 0 Å². The average Bonchev–Trinajstić information content (AvgIpc) is 2.84. The van der Waals surface area contributed by atoms with Gasteiger partial charge < -0.3 is 9.47 Å². The Morgan fingerprint density at radius 1 is 1.53 bits per heavy atom. The van der Waals surface area contributed by atoms with Crippen molar-refractivity contribution in [3.63, 3.8) is 0 Å². The smallest absolute Gasteiger partial charge is 0.360 e. The van der Waals surface area contributed by atoms with Crippen LogP contribution in [0.5, 0.6) is 5.75 Å². The third-order valence-corrected chi connectivity index (χ3v) is 3.16. The van der Waals surface area contributed by atoms with Crippen LogP contribution in [0.15, 0.2) is 18.2 Å². The molecule has 0 saturated heterocycles. The van der Waals surface area contributed by atoms with Crippen LogP contribution in [0.3, 0.4) is 0 Å². The van der Waals surface area contributed by atoms with Crippen molar-refractivity contribution in [1.82, 2.24) is 15.0 Å². The van der Waals surface area contributed by atoms with E-state index < -0.39 is 5.97 Å². The number of ether oxygens (including phenoxy) is 2. The molecule has 6 nitrogen and oxygen atoms in total. The van der Waals surface area contributed by atoms with Crippen LogP contribution in [-0.2, 0) is 4.74 Å². The molecule has 0 amide bonds. The van der Waals surface area contributed by atoms with Crippen LogP contribution in [0, 0.1) is 0 Å². The fourth-order valence-electron chi connectivity index (χ4n) is 2.08. The molecule has 2 aromatic rings. The first-order valence-corrected chi connectivity index (χ1v) is 6.00. The van der Waals surface area contributed by atoms with Gasteiger partial charge in [-0.25, -0.2) is 9.48 Å². The first kappa shape index (κ1) is 12.0. The molecule has 0 saturated carbocycles. The normalized spacial score (nSPS) is 16.3. The number of hydrogen-bond acceptors (Lipinski definition) is 5. The molecule has 98 valence electrons. The standard InChI is InChI=1S/C12H10ClN3O3/c1-6-11-10(12(17)18-2)14-15-16(11)8-5-7(13)3-4-9(8)19-6/h3-6H,1-2H3.